The summed E-state index contributed by atoms with van der Waals surface area (Å²) < 4.78 is 16.0. The highest BCUT2D eigenvalue weighted by Crippen LogP contribution is 2.35. The summed E-state index contributed by atoms with van der Waals surface area (Å²) in [6.07, 6.45) is 0. The van der Waals surface area contributed by atoms with E-state index in [-0.39, 0.29) is 0 Å². The minimum atomic E-state index is 0.660. The Hall–Kier alpha value is -1.68. The Morgan fingerprint density at radius 1 is 1.00 bits per heavy atom. The smallest absolute Gasteiger partial charge is 0.181 e. The van der Waals surface area contributed by atoms with Crippen molar-refractivity contribution in [3.05, 3.63) is 35.7 Å². The molecule has 84 valence electrons. The van der Waals surface area contributed by atoms with E-state index in [9.17, 15) is 0 Å². The highest BCUT2D eigenvalue weighted by atomic mass is 32.1. The molecule has 16 heavy (non-hydrogen) atoms. The van der Waals surface area contributed by atoms with Crippen molar-refractivity contribution < 1.29 is 14.2 Å². The molecule has 0 amide bonds. The minimum absolute atomic E-state index is 0.660. The zero-order valence-electron chi connectivity index (χ0n) is 9.10. The molecule has 0 fully saturated rings. The maximum atomic E-state index is 5.68. The van der Waals surface area contributed by atoms with Crippen LogP contribution in [0.5, 0.6) is 22.3 Å². The Morgan fingerprint density at radius 3 is 2.50 bits per heavy atom. The van der Waals surface area contributed by atoms with Gasteiger partial charge in [0, 0.05) is 6.07 Å². The summed E-state index contributed by atoms with van der Waals surface area (Å²) in [5, 5.41) is 2.80. The van der Waals surface area contributed by atoms with Gasteiger partial charge in [-0.05, 0) is 29.6 Å². The molecule has 4 heteroatoms. The highest BCUT2D eigenvalue weighted by molar-refractivity contribution is 7.11. The topological polar surface area (TPSA) is 27.7 Å². The van der Waals surface area contributed by atoms with Crippen LogP contribution in [-0.4, -0.2) is 14.2 Å². The lowest BCUT2D eigenvalue weighted by atomic mass is 10.3. The van der Waals surface area contributed by atoms with E-state index in [4.69, 9.17) is 14.2 Å². The summed E-state index contributed by atoms with van der Waals surface area (Å²) in [7, 11) is 3.23. The molecule has 1 heterocycles. The average molecular weight is 236 g/mol. The van der Waals surface area contributed by atoms with E-state index in [0.717, 1.165) is 10.8 Å². The fourth-order valence-corrected chi connectivity index (χ4v) is 1.88. The van der Waals surface area contributed by atoms with Gasteiger partial charge >= 0.3 is 0 Å². The van der Waals surface area contributed by atoms with Gasteiger partial charge in [-0.15, -0.1) is 11.3 Å². The summed E-state index contributed by atoms with van der Waals surface area (Å²) in [5.74, 6) is 2.09. The molecule has 1 aromatic heterocycles. The first-order valence-electron chi connectivity index (χ1n) is 4.77. The molecule has 2 aromatic rings. The quantitative estimate of drug-likeness (QED) is 0.812. The molecule has 0 saturated heterocycles. The van der Waals surface area contributed by atoms with Gasteiger partial charge in [0.2, 0.25) is 0 Å². The monoisotopic (exact) mass is 236 g/mol. The van der Waals surface area contributed by atoms with E-state index in [2.05, 4.69) is 0 Å². The Balaban J connectivity index is 2.26. The van der Waals surface area contributed by atoms with Crippen LogP contribution in [0.4, 0.5) is 0 Å². The molecule has 1 aromatic carbocycles. The van der Waals surface area contributed by atoms with Crippen molar-refractivity contribution in [1.29, 1.82) is 0 Å². The van der Waals surface area contributed by atoms with Crippen molar-refractivity contribution in [2.24, 2.45) is 0 Å². The predicted molar refractivity (Wildman–Crippen MR) is 63.9 cm³/mol. The molecule has 0 aliphatic heterocycles. The van der Waals surface area contributed by atoms with Crippen LogP contribution in [0.15, 0.2) is 35.7 Å². The molecular formula is C12H12O3S. The minimum Gasteiger partial charge on any atom is -0.497 e. The first kappa shape index (κ1) is 10.8. The van der Waals surface area contributed by atoms with Crippen molar-refractivity contribution >= 4 is 11.3 Å². The second-order valence-corrected chi connectivity index (χ2v) is 3.96. The van der Waals surface area contributed by atoms with Gasteiger partial charge in [0.1, 0.15) is 5.75 Å². The SMILES string of the molecule is COc1ccc(Oc2cccs2)c(OC)c1. The predicted octanol–water partition coefficient (Wildman–Crippen LogP) is 3.56. The molecule has 3 nitrogen and oxygen atoms in total. The molecule has 0 saturated carbocycles. The number of thiophene rings is 1. The molecule has 0 aliphatic rings. The summed E-state index contributed by atoms with van der Waals surface area (Å²) in [4.78, 5) is 0. The Morgan fingerprint density at radius 2 is 1.88 bits per heavy atom. The zero-order chi connectivity index (χ0) is 11.4. The van der Waals surface area contributed by atoms with E-state index < -0.39 is 0 Å². The van der Waals surface area contributed by atoms with Gasteiger partial charge in [-0.1, -0.05) is 0 Å². The summed E-state index contributed by atoms with van der Waals surface area (Å²) in [6.45, 7) is 0. The van der Waals surface area contributed by atoms with Crippen molar-refractivity contribution in [2.75, 3.05) is 14.2 Å². The summed E-state index contributed by atoms with van der Waals surface area (Å²) in [5.41, 5.74) is 0. The Bertz CT molecular complexity index is 451. The van der Waals surface area contributed by atoms with Gasteiger partial charge in [-0.3, -0.25) is 0 Å². The van der Waals surface area contributed by atoms with E-state index >= 15 is 0 Å². The average Bonchev–Trinajstić information content (AvgIpc) is 2.82. The lowest BCUT2D eigenvalue weighted by Crippen LogP contribution is -1.90. The van der Waals surface area contributed by atoms with E-state index in [1.807, 2.05) is 29.6 Å². The van der Waals surface area contributed by atoms with E-state index in [1.165, 1.54) is 11.3 Å². The second-order valence-electron chi connectivity index (χ2n) is 3.05. The summed E-state index contributed by atoms with van der Waals surface area (Å²) in [6, 6.07) is 9.32. The fourth-order valence-electron chi connectivity index (χ4n) is 1.29. The molecule has 0 radical (unpaired) electrons. The van der Waals surface area contributed by atoms with Crippen LogP contribution in [-0.2, 0) is 0 Å². The number of hydrogen-bond acceptors (Lipinski definition) is 4. The van der Waals surface area contributed by atoms with Crippen LogP contribution < -0.4 is 14.2 Å². The molecule has 0 spiro atoms. The van der Waals surface area contributed by atoms with Crippen LogP contribution in [0.25, 0.3) is 0 Å². The van der Waals surface area contributed by atoms with Gasteiger partial charge in [-0.25, -0.2) is 0 Å². The third-order valence-corrected chi connectivity index (χ3v) is 2.82. The number of benzene rings is 1. The first-order valence-corrected chi connectivity index (χ1v) is 5.65. The molecule has 0 bridgehead atoms. The van der Waals surface area contributed by atoms with Crippen LogP contribution in [0.1, 0.15) is 0 Å². The van der Waals surface area contributed by atoms with Gasteiger partial charge in [0.15, 0.2) is 16.6 Å². The van der Waals surface area contributed by atoms with Gasteiger partial charge < -0.3 is 14.2 Å². The molecule has 0 aliphatic carbocycles. The maximum absolute atomic E-state index is 5.68. The van der Waals surface area contributed by atoms with Gasteiger partial charge in [0.25, 0.3) is 0 Å². The number of hydrogen-bond donors (Lipinski definition) is 0. The van der Waals surface area contributed by atoms with Crippen molar-refractivity contribution in [1.82, 2.24) is 0 Å². The summed E-state index contributed by atoms with van der Waals surface area (Å²) >= 11 is 1.54. The van der Waals surface area contributed by atoms with Crippen molar-refractivity contribution in [3.63, 3.8) is 0 Å². The third-order valence-electron chi connectivity index (χ3n) is 2.08. The Kier molecular flexibility index (Phi) is 3.31. The third kappa shape index (κ3) is 2.28. The molecule has 2 rings (SSSR count). The molecular weight excluding hydrogens is 224 g/mol. The van der Waals surface area contributed by atoms with Crippen LogP contribution in [0.2, 0.25) is 0 Å². The first-order chi connectivity index (χ1) is 7.83. The second kappa shape index (κ2) is 4.90. The number of methoxy groups -OCH3 is 2. The van der Waals surface area contributed by atoms with Crippen LogP contribution >= 0.6 is 11.3 Å². The maximum Gasteiger partial charge on any atom is 0.181 e. The van der Waals surface area contributed by atoms with Gasteiger partial charge in [-0.2, -0.15) is 0 Å². The van der Waals surface area contributed by atoms with E-state index in [1.54, 1.807) is 20.3 Å². The van der Waals surface area contributed by atoms with E-state index in [0.29, 0.717) is 11.5 Å². The van der Waals surface area contributed by atoms with Crippen LogP contribution in [0, 0.1) is 0 Å². The number of rotatable bonds is 4. The normalized spacial score (nSPS) is 9.88. The lowest BCUT2D eigenvalue weighted by Gasteiger charge is -2.09. The Labute approximate surface area is 98.2 Å². The largest absolute Gasteiger partial charge is 0.497 e. The standard InChI is InChI=1S/C12H12O3S/c1-13-9-5-6-10(11(8-9)14-2)15-12-4-3-7-16-12/h3-8H,1-2H3. The zero-order valence-corrected chi connectivity index (χ0v) is 9.91. The van der Waals surface area contributed by atoms with Gasteiger partial charge in [0.05, 0.1) is 14.2 Å². The molecule has 0 atom stereocenters. The van der Waals surface area contributed by atoms with Crippen LogP contribution in [0.3, 0.4) is 0 Å². The van der Waals surface area contributed by atoms with Crippen molar-refractivity contribution in [3.8, 4) is 22.3 Å². The number of ether oxygens (including phenoxy) is 3. The lowest BCUT2D eigenvalue weighted by molar-refractivity contribution is 0.371. The van der Waals surface area contributed by atoms with Crippen molar-refractivity contribution in [2.45, 2.75) is 0 Å². The highest BCUT2D eigenvalue weighted by Gasteiger charge is 2.07. The molecule has 0 N–H and O–H groups in total. The molecule has 0 unspecified atom stereocenters. The fraction of sp³-hybridized carbons (Fsp3) is 0.167.